The zero-order chi connectivity index (χ0) is 19.2. The number of fused-ring (bicyclic) bond motifs is 1. The molecule has 4 heteroatoms. The number of hydrogen-bond donors (Lipinski definition) is 0. The van der Waals surface area contributed by atoms with Gasteiger partial charge in [0.25, 0.3) is 0 Å². The summed E-state index contributed by atoms with van der Waals surface area (Å²) in [5.74, 6) is 1.99. The van der Waals surface area contributed by atoms with Crippen molar-refractivity contribution in [2.24, 2.45) is 5.92 Å². The van der Waals surface area contributed by atoms with Gasteiger partial charge in [0.2, 0.25) is 0 Å². The molecule has 1 aromatic carbocycles. The van der Waals surface area contributed by atoms with Crippen LogP contribution in [0.2, 0.25) is 0 Å². The van der Waals surface area contributed by atoms with E-state index in [1.165, 1.54) is 24.2 Å². The first-order valence-electron chi connectivity index (χ1n) is 10.1. The first-order chi connectivity index (χ1) is 12.8. The van der Waals surface area contributed by atoms with Crippen molar-refractivity contribution in [3.05, 3.63) is 47.8 Å². The highest BCUT2D eigenvalue weighted by atomic mass is 15.4. The zero-order valence-corrected chi connectivity index (χ0v) is 17.2. The van der Waals surface area contributed by atoms with Gasteiger partial charge in [-0.3, -0.25) is 0 Å². The molecule has 2 aromatic heterocycles. The van der Waals surface area contributed by atoms with Crippen LogP contribution in [0.4, 0.5) is 5.82 Å². The fraction of sp³-hybridized carbons (Fsp3) is 0.478. The van der Waals surface area contributed by atoms with Gasteiger partial charge in [-0.15, -0.1) is 0 Å². The minimum absolute atomic E-state index is 0.00822. The molecule has 27 heavy (non-hydrogen) atoms. The second-order valence-electron chi connectivity index (χ2n) is 8.98. The molecule has 3 heterocycles. The third-order valence-electron chi connectivity index (χ3n) is 5.68. The van der Waals surface area contributed by atoms with Crippen molar-refractivity contribution < 1.29 is 0 Å². The van der Waals surface area contributed by atoms with E-state index in [-0.39, 0.29) is 5.41 Å². The van der Waals surface area contributed by atoms with Crippen molar-refractivity contribution in [3.63, 3.8) is 0 Å². The third kappa shape index (κ3) is 3.33. The van der Waals surface area contributed by atoms with Crippen LogP contribution < -0.4 is 4.90 Å². The van der Waals surface area contributed by atoms with E-state index in [0.717, 1.165) is 41.6 Å². The molecule has 0 aliphatic carbocycles. The largest absolute Gasteiger partial charge is 0.356 e. The first-order valence-corrected chi connectivity index (χ1v) is 10.1. The Hall–Kier alpha value is -2.36. The van der Waals surface area contributed by atoms with E-state index in [4.69, 9.17) is 10.1 Å². The first kappa shape index (κ1) is 18.0. The van der Waals surface area contributed by atoms with E-state index < -0.39 is 0 Å². The quantitative estimate of drug-likeness (QED) is 0.625. The number of rotatable bonds is 2. The van der Waals surface area contributed by atoms with E-state index >= 15 is 0 Å². The SMILES string of the molecule is Cc1nn2c(N3CCC(C)CC3)cc(C(C)(C)C)nc2c1-c1ccccc1. The summed E-state index contributed by atoms with van der Waals surface area (Å²) in [6.45, 7) is 13.3. The van der Waals surface area contributed by atoms with Crippen molar-refractivity contribution in [1.29, 1.82) is 0 Å². The Kier molecular flexibility index (Phi) is 4.45. The van der Waals surface area contributed by atoms with Crippen molar-refractivity contribution in [2.45, 2.75) is 52.9 Å². The van der Waals surface area contributed by atoms with Gasteiger partial charge in [-0.25, -0.2) is 4.98 Å². The predicted octanol–water partition coefficient (Wildman–Crippen LogP) is 5.24. The van der Waals surface area contributed by atoms with Crippen LogP contribution in [0.3, 0.4) is 0 Å². The summed E-state index contributed by atoms with van der Waals surface area (Å²) in [6.07, 6.45) is 2.47. The summed E-state index contributed by atoms with van der Waals surface area (Å²) in [5, 5.41) is 4.92. The maximum Gasteiger partial charge on any atom is 0.165 e. The van der Waals surface area contributed by atoms with Crippen LogP contribution in [-0.4, -0.2) is 27.7 Å². The molecule has 0 spiro atoms. The van der Waals surface area contributed by atoms with Gasteiger partial charge in [-0.1, -0.05) is 58.0 Å². The van der Waals surface area contributed by atoms with Gasteiger partial charge in [0.05, 0.1) is 11.4 Å². The van der Waals surface area contributed by atoms with Crippen molar-refractivity contribution in [1.82, 2.24) is 14.6 Å². The minimum Gasteiger partial charge on any atom is -0.356 e. The van der Waals surface area contributed by atoms with Crippen LogP contribution in [-0.2, 0) is 5.41 Å². The number of anilines is 1. The number of aryl methyl sites for hydroxylation is 1. The van der Waals surface area contributed by atoms with Crippen LogP contribution >= 0.6 is 0 Å². The lowest BCUT2D eigenvalue weighted by atomic mass is 9.91. The van der Waals surface area contributed by atoms with E-state index in [0.29, 0.717) is 0 Å². The van der Waals surface area contributed by atoms with Gasteiger partial charge in [0.15, 0.2) is 5.65 Å². The fourth-order valence-electron chi connectivity index (χ4n) is 3.90. The Bertz CT molecular complexity index is 942. The number of nitrogens with zero attached hydrogens (tertiary/aromatic N) is 4. The molecule has 0 unspecified atom stereocenters. The molecule has 4 rings (SSSR count). The number of benzene rings is 1. The molecule has 0 atom stereocenters. The summed E-state index contributed by atoms with van der Waals surface area (Å²) in [7, 11) is 0. The van der Waals surface area contributed by atoms with Crippen LogP contribution in [0.5, 0.6) is 0 Å². The Morgan fingerprint density at radius 3 is 2.33 bits per heavy atom. The smallest absolute Gasteiger partial charge is 0.165 e. The minimum atomic E-state index is -0.00822. The molecule has 1 fully saturated rings. The topological polar surface area (TPSA) is 33.4 Å². The standard InChI is InChI=1S/C23H30N4/c1-16-11-13-26(14-12-16)20-15-19(23(3,4)5)24-22-21(17(2)25-27(20)22)18-9-7-6-8-10-18/h6-10,15-16H,11-14H2,1-5H3. The van der Waals surface area contributed by atoms with E-state index in [1.807, 2.05) is 0 Å². The zero-order valence-electron chi connectivity index (χ0n) is 17.2. The molecule has 0 amide bonds. The average molecular weight is 363 g/mol. The molecule has 0 bridgehead atoms. The van der Waals surface area contributed by atoms with E-state index in [2.05, 4.69) is 80.4 Å². The molecule has 1 aliphatic heterocycles. The lowest BCUT2D eigenvalue weighted by Crippen LogP contribution is -2.34. The number of piperidine rings is 1. The maximum atomic E-state index is 5.09. The van der Waals surface area contributed by atoms with Crippen LogP contribution in [0, 0.1) is 12.8 Å². The van der Waals surface area contributed by atoms with Gasteiger partial charge in [0.1, 0.15) is 5.82 Å². The third-order valence-corrected chi connectivity index (χ3v) is 5.68. The molecule has 4 nitrogen and oxygen atoms in total. The van der Waals surface area contributed by atoms with Gasteiger partial charge < -0.3 is 4.90 Å². The van der Waals surface area contributed by atoms with E-state index in [9.17, 15) is 0 Å². The Morgan fingerprint density at radius 1 is 1.04 bits per heavy atom. The monoisotopic (exact) mass is 362 g/mol. The van der Waals surface area contributed by atoms with Crippen molar-refractivity contribution in [2.75, 3.05) is 18.0 Å². The van der Waals surface area contributed by atoms with E-state index in [1.54, 1.807) is 0 Å². The lowest BCUT2D eigenvalue weighted by molar-refractivity contribution is 0.434. The van der Waals surface area contributed by atoms with Crippen LogP contribution in [0.15, 0.2) is 36.4 Å². The molecule has 1 saturated heterocycles. The van der Waals surface area contributed by atoms with Crippen LogP contribution in [0.25, 0.3) is 16.8 Å². The molecule has 142 valence electrons. The Labute approximate surface area is 162 Å². The van der Waals surface area contributed by atoms with Gasteiger partial charge in [-0.2, -0.15) is 9.61 Å². The number of hydrogen-bond acceptors (Lipinski definition) is 3. The highest BCUT2D eigenvalue weighted by molar-refractivity contribution is 5.81. The highest BCUT2D eigenvalue weighted by Crippen LogP contribution is 2.34. The average Bonchev–Trinajstić information content (AvgIpc) is 2.97. The molecule has 0 saturated carbocycles. The molecular formula is C23H30N4. The van der Waals surface area contributed by atoms with Crippen molar-refractivity contribution in [3.8, 4) is 11.1 Å². The second-order valence-corrected chi connectivity index (χ2v) is 8.98. The second kappa shape index (κ2) is 6.66. The fourth-order valence-corrected chi connectivity index (χ4v) is 3.90. The maximum absolute atomic E-state index is 5.09. The number of aromatic nitrogens is 3. The summed E-state index contributed by atoms with van der Waals surface area (Å²) >= 11 is 0. The molecular weight excluding hydrogens is 332 g/mol. The predicted molar refractivity (Wildman–Crippen MR) is 112 cm³/mol. The summed E-state index contributed by atoms with van der Waals surface area (Å²) in [4.78, 5) is 7.58. The highest BCUT2D eigenvalue weighted by Gasteiger charge is 2.25. The molecule has 3 aromatic rings. The molecule has 0 N–H and O–H groups in total. The molecule has 0 radical (unpaired) electrons. The Morgan fingerprint density at radius 2 is 1.70 bits per heavy atom. The summed E-state index contributed by atoms with van der Waals surface area (Å²) in [6, 6.07) is 12.8. The summed E-state index contributed by atoms with van der Waals surface area (Å²) < 4.78 is 2.07. The van der Waals surface area contributed by atoms with Crippen molar-refractivity contribution >= 4 is 11.5 Å². The lowest BCUT2D eigenvalue weighted by Gasteiger charge is -2.33. The van der Waals surface area contributed by atoms with Gasteiger partial charge in [0, 0.05) is 30.1 Å². The Balaban J connectivity index is 1.95. The van der Waals surface area contributed by atoms with Gasteiger partial charge >= 0.3 is 0 Å². The normalized spacial score (nSPS) is 16.3. The summed E-state index contributed by atoms with van der Waals surface area (Å²) in [5.41, 5.74) is 5.45. The molecule has 1 aliphatic rings. The van der Waals surface area contributed by atoms with Crippen LogP contribution in [0.1, 0.15) is 51.9 Å². The van der Waals surface area contributed by atoms with Gasteiger partial charge in [-0.05, 0) is 31.2 Å².